The van der Waals surface area contributed by atoms with Gasteiger partial charge in [-0.2, -0.15) is 4.57 Å². The highest BCUT2D eigenvalue weighted by molar-refractivity contribution is 6.21. The van der Waals surface area contributed by atoms with E-state index in [0.717, 1.165) is 4.90 Å². The first-order chi connectivity index (χ1) is 19.4. The number of carbonyl (C=O) groups excluding carboxylic acids is 4. The van der Waals surface area contributed by atoms with Crippen molar-refractivity contribution in [2.45, 2.75) is 58.3 Å². The molecule has 2 aromatic carbocycles. The molecule has 2 aliphatic heterocycles. The highest BCUT2D eigenvalue weighted by Crippen LogP contribution is 2.32. The zero-order valence-corrected chi connectivity index (χ0v) is 23.2. The van der Waals surface area contributed by atoms with E-state index in [4.69, 9.17) is 4.74 Å². The van der Waals surface area contributed by atoms with Crippen molar-refractivity contribution in [1.82, 2.24) is 18.9 Å². The third-order valence-corrected chi connectivity index (χ3v) is 7.17. The molecule has 2 atom stereocenters. The summed E-state index contributed by atoms with van der Waals surface area (Å²) in [5.74, 6) is -1.66. The van der Waals surface area contributed by atoms with E-state index in [0.29, 0.717) is 15.7 Å². The van der Waals surface area contributed by atoms with Crippen LogP contribution in [0.25, 0.3) is 0 Å². The van der Waals surface area contributed by atoms with Gasteiger partial charge in [0, 0.05) is 30.4 Å². The predicted octanol–water partition coefficient (Wildman–Crippen LogP) is 2.68. The Hall–Kier alpha value is -4.80. The fraction of sp³-hybridized carbons (Fsp3) is 0.333. The van der Waals surface area contributed by atoms with Crippen LogP contribution in [0.15, 0.2) is 70.4 Å². The molecular weight excluding hydrogens is 528 g/mol. The van der Waals surface area contributed by atoms with Gasteiger partial charge >= 0.3 is 11.8 Å². The summed E-state index contributed by atoms with van der Waals surface area (Å²) in [7, 11) is 0. The summed E-state index contributed by atoms with van der Waals surface area (Å²) in [6.45, 7) is 6.56. The van der Waals surface area contributed by atoms with Crippen molar-refractivity contribution in [3.05, 3.63) is 104 Å². The lowest BCUT2D eigenvalue weighted by atomic mass is 10.1. The third kappa shape index (κ3) is 5.10. The van der Waals surface area contributed by atoms with Crippen LogP contribution in [0.3, 0.4) is 0 Å². The summed E-state index contributed by atoms with van der Waals surface area (Å²) in [6, 6.07) is 13.2. The number of imide groups is 1. The molecule has 11 heteroatoms. The fourth-order valence-electron chi connectivity index (χ4n) is 5.32. The number of nitrogens with zero attached hydrogens (tertiary/aromatic N) is 4. The first-order valence-corrected chi connectivity index (χ1v) is 13.3. The van der Waals surface area contributed by atoms with Crippen LogP contribution in [0, 0.1) is 6.92 Å². The molecule has 0 N–H and O–H groups in total. The molecular formula is C30H30N4O7. The van der Waals surface area contributed by atoms with Gasteiger partial charge in [-0.3, -0.25) is 28.6 Å². The Bertz CT molecular complexity index is 1650. The summed E-state index contributed by atoms with van der Waals surface area (Å²) in [5.41, 5.74) is -1.50. The number of hydrogen-bond donors (Lipinski definition) is 0. The lowest BCUT2D eigenvalue weighted by Gasteiger charge is -2.29. The van der Waals surface area contributed by atoms with Gasteiger partial charge in [-0.05, 0) is 58.4 Å². The van der Waals surface area contributed by atoms with Crippen molar-refractivity contribution in [2.24, 2.45) is 0 Å². The number of ether oxygens (including phenoxy) is 1. The number of hydrogen-bond acceptors (Lipinski definition) is 7. The van der Waals surface area contributed by atoms with Crippen LogP contribution in [0.5, 0.6) is 0 Å². The number of aryl methyl sites for hydroxylation is 1. The van der Waals surface area contributed by atoms with Crippen LogP contribution in [0.4, 0.5) is 4.79 Å². The molecule has 1 aromatic heterocycles. The maximum atomic E-state index is 13.5. The molecule has 0 saturated carbocycles. The zero-order chi connectivity index (χ0) is 29.6. The van der Waals surface area contributed by atoms with E-state index in [-0.39, 0.29) is 30.6 Å². The van der Waals surface area contributed by atoms with Gasteiger partial charge in [0.1, 0.15) is 5.60 Å². The second-order valence-electron chi connectivity index (χ2n) is 11.3. The molecule has 3 aromatic rings. The lowest BCUT2D eigenvalue weighted by Crippen LogP contribution is -2.48. The molecule has 3 heterocycles. The van der Waals surface area contributed by atoms with Crippen molar-refractivity contribution in [3.63, 3.8) is 0 Å². The van der Waals surface area contributed by atoms with Gasteiger partial charge in [0.15, 0.2) is 0 Å². The van der Waals surface area contributed by atoms with E-state index < -0.39 is 52.7 Å². The number of carbonyl (C=O) groups is 4. The maximum Gasteiger partial charge on any atom is 0.410 e. The first kappa shape index (κ1) is 27.8. The zero-order valence-electron chi connectivity index (χ0n) is 23.2. The first-order valence-electron chi connectivity index (χ1n) is 13.3. The summed E-state index contributed by atoms with van der Waals surface area (Å²) in [4.78, 5) is 81.8. The summed E-state index contributed by atoms with van der Waals surface area (Å²) in [5, 5.41) is 0. The monoisotopic (exact) mass is 558 g/mol. The van der Waals surface area contributed by atoms with E-state index in [1.54, 1.807) is 63.2 Å². The maximum absolute atomic E-state index is 13.5. The van der Waals surface area contributed by atoms with Crippen molar-refractivity contribution in [3.8, 4) is 0 Å². The molecule has 3 amide bonds. The largest absolute Gasteiger partial charge is 0.444 e. The molecule has 0 unspecified atom stereocenters. The van der Waals surface area contributed by atoms with E-state index in [1.807, 2.05) is 0 Å². The number of fused-ring (bicyclic) bond motifs is 1. The van der Waals surface area contributed by atoms with E-state index >= 15 is 0 Å². The second-order valence-corrected chi connectivity index (χ2v) is 11.3. The molecule has 2 aliphatic rings. The number of benzene rings is 2. The van der Waals surface area contributed by atoms with Gasteiger partial charge in [0.05, 0.1) is 23.2 Å². The van der Waals surface area contributed by atoms with Crippen LogP contribution in [-0.4, -0.2) is 67.0 Å². The minimum Gasteiger partial charge on any atom is -0.444 e. The summed E-state index contributed by atoms with van der Waals surface area (Å²) < 4.78 is 7.41. The molecule has 1 fully saturated rings. The number of rotatable bonds is 4. The Balaban J connectivity index is 1.50. The van der Waals surface area contributed by atoms with Gasteiger partial charge in [-0.1, -0.05) is 30.3 Å². The van der Waals surface area contributed by atoms with Crippen LogP contribution in [0.1, 0.15) is 63.8 Å². The Morgan fingerprint density at radius 1 is 0.902 bits per heavy atom. The quantitative estimate of drug-likeness (QED) is 0.451. The molecule has 212 valence electrons. The van der Waals surface area contributed by atoms with Gasteiger partial charge in [-0.25, -0.2) is 9.59 Å². The van der Waals surface area contributed by atoms with Crippen molar-refractivity contribution < 1.29 is 23.9 Å². The standard InChI is InChI=1S/C30H30N4O7/c1-18-15-31(28(39)34(24(18)35)25(36)19-10-6-5-7-11-19)16-20-14-21(17-32(20)29(40)41-30(2,3)4)33-26(37)22-12-8-9-13-23(22)27(33)38/h5-13,15,20-21H,14,16-17H2,1-4H3/t20-,21+/m1/s1. The molecule has 5 rings (SSSR count). The van der Waals surface area contributed by atoms with Gasteiger partial charge in [0.25, 0.3) is 23.3 Å². The van der Waals surface area contributed by atoms with E-state index in [1.165, 1.54) is 34.7 Å². The second kappa shape index (κ2) is 10.3. The number of amides is 3. The molecule has 0 radical (unpaired) electrons. The molecule has 0 bridgehead atoms. The minimum absolute atomic E-state index is 0.00136. The van der Waals surface area contributed by atoms with Crippen molar-refractivity contribution >= 4 is 23.8 Å². The van der Waals surface area contributed by atoms with Gasteiger partial charge in [-0.15, -0.1) is 0 Å². The Morgan fingerprint density at radius 3 is 2.07 bits per heavy atom. The Kier molecular flexibility index (Phi) is 6.98. The topological polar surface area (TPSA) is 128 Å². The number of likely N-dealkylation sites (tertiary alicyclic amines) is 1. The molecule has 1 saturated heterocycles. The average molecular weight is 559 g/mol. The molecule has 0 aliphatic carbocycles. The normalized spacial score (nSPS) is 18.5. The Morgan fingerprint density at radius 2 is 1.49 bits per heavy atom. The van der Waals surface area contributed by atoms with E-state index in [9.17, 15) is 28.8 Å². The fourth-order valence-corrected chi connectivity index (χ4v) is 5.32. The minimum atomic E-state index is -0.859. The smallest absolute Gasteiger partial charge is 0.410 e. The van der Waals surface area contributed by atoms with Crippen LogP contribution in [-0.2, 0) is 11.3 Å². The van der Waals surface area contributed by atoms with Crippen molar-refractivity contribution in [1.29, 1.82) is 0 Å². The predicted molar refractivity (Wildman–Crippen MR) is 148 cm³/mol. The lowest BCUT2D eigenvalue weighted by molar-refractivity contribution is 0.0199. The SMILES string of the molecule is Cc1cn(C[C@H]2C[C@H](N3C(=O)c4ccccc4C3=O)CN2C(=O)OC(C)(C)C)c(=O)n(C(=O)c2ccccc2)c1=O. The van der Waals surface area contributed by atoms with Crippen molar-refractivity contribution in [2.75, 3.05) is 6.54 Å². The third-order valence-electron chi connectivity index (χ3n) is 7.17. The molecule has 0 spiro atoms. The highest BCUT2D eigenvalue weighted by atomic mass is 16.6. The molecule has 11 nitrogen and oxygen atoms in total. The van der Waals surface area contributed by atoms with Gasteiger partial charge < -0.3 is 9.64 Å². The van der Waals surface area contributed by atoms with Crippen LogP contribution < -0.4 is 11.2 Å². The summed E-state index contributed by atoms with van der Waals surface area (Å²) in [6.07, 6.45) is 0.851. The Labute approximate surface area is 235 Å². The van der Waals surface area contributed by atoms with Crippen LogP contribution in [0.2, 0.25) is 0 Å². The molecule has 41 heavy (non-hydrogen) atoms. The average Bonchev–Trinajstić information content (AvgIpc) is 3.45. The highest BCUT2D eigenvalue weighted by Gasteiger charge is 2.47. The van der Waals surface area contributed by atoms with Crippen LogP contribution >= 0.6 is 0 Å². The van der Waals surface area contributed by atoms with E-state index in [2.05, 4.69) is 0 Å². The summed E-state index contributed by atoms with van der Waals surface area (Å²) >= 11 is 0. The van der Waals surface area contributed by atoms with Gasteiger partial charge in [0.2, 0.25) is 0 Å². The number of aromatic nitrogens is 2.